The van der Waals surface area contributed by atoms with Gasteiger partial charge in [-0.15, -0.1) is 0 Å². The van der Waals surface area contributed by atoms with Gasteiger partial charge in [0.1, 0.15) is 11.8 Å². The van der Waals surface area contributed by atoms with Crippen molar-refractivity contribution in [3.8, 4) is 5.75 Å². The molecule has 1 saturated heterocycles. The fraction of sp³-hybridized carbons (Fsp3) is 0.500. The monoisotopic (exact) mass is 363 g/mol. The molecule has 0 aromatic heterocycles. The van der Waals surface area contributed by atoms with E-state index in [0.717, 1.165) is 0 Å². The van der Waals surface area contributed by atoms with E-state index in [0.29, 0.717) is 44.2 Å². The van der Waals surface area contributed by atoms with Gasteiger partial charge in [0.2, 0.25) is 0 Å². The number of hydrogen-bond acceptors (Lipinski definition) is 7. The molecule has 0 aliphatic carbocycles. The number of aliphatic imine (C=N–C) groups is 1. The van der Waals surface area contributed by atoms with Gasteiger partial charge < -0.3 is 19.1 Å². The Morgan fingerprint density at radius 3 is 2.58 bits per heavy atom. The zero-order valence-electron chi connectivity index (χ0n) is 15.4. The van der Waals surface area contributed by atoms with Crippen LogP contribution in [-0.2, 0) is 14.3 Å². The first-order valence-electron chi connectivity index (χ1n) is 8.50. The van der Waals surface area contributed by atoms with Gasteiger partial charge in [-0.3, -0.25) is 9.89 Å². The Balaban J connectivity index is 2.05. The first-order valence-corrected chi connectivity index (χ1v) is 8.50. The molecule has 1 atom stereocenters. The lowest BCUT2D eigenvalue weighted by Gasteiger charge is -2.36. The van der Waals surface area contributed by atoms with E-state index in [9.17, 15) is 9.59 Å². The predicted molar refractivity (Wildman–Crippen MR) is 97.1 cm³/mol. The van der Waals surface area contributed by atoms with Gasteiger partial charge in [0.15, 0.2) is 0 Å². The molecule has 0 saturated carbocycles. The van der Waals surface area contributed by atoms with Crippen LogP contribution < -0.4 is 4.74 Å². The van der Waals surface area contributed by atoms with E-state index < -0.39 is 6.04 Å². The normalized spacial score (nSPS) is 16.3. The van der Waals surface area contributed by atoms with E-state index in [1.165, 1.54) is 7.11 Å². The average Bonchev–Trinajstić information content (AvgIpc) is 2.68. The van der Waals surface area contributed by atoms with E-state index in [4.69, 9.17) is 14.2 Å². The van der Waals surface area contributed by atoms with E-state index in [1.54, 1.807) is 31.2 Å². The highest BCUT2D eigenvalue weighted by atomic mass is 16.6. The minimum absolute atomic E-state index is 0.327. The summed E-state index contributed by atoms with van der Waals surface area (Å²) in [7, 11) is 2.94. The highest BCUT2D eigenvalue weighted by molar-refractivity contribution is 5.95. The van der Waals surface area contributed by atoms with E-state index >= 15 is 0 Å². The summed E-state index contributed by atoms with van der Waals surface area (Å²) in [5.41, 5.74) is 0.684. The molecule has 1 aromatic rings. The van der Waals surface area contributed by atoms with E-state index in [2.05, 4.69) is 4.99 Å². The summed E-state index contributed by atoms with van der Waals surface area (Å²) in [4.78, 5) is 31.9. The lowest BCUT2D eigenvalue weighted by molar-refractivity contribution is -0.144. The maximum Gasteiger partial charge on any atom is 0.409 e. The van der Waals surface area contributed by atoms with Gasteiger partial charge in [0, 0.05) is 38.5 Å². The van der Waals surface area contributed by atoms with Crippen molar-refractivity contribution in [2.24, 2.45) is 4.99 Å². The van der Waals surface area contributed by atoms with Gasteiger partial charge >= 0.3 is 12.1 Å². The van der Waals surface area contributed by atoms with Gasteiger partial charge in [-0.1, -0.05) is 6.07 Å². The summed E-state index contributed by atoms with van der Waals surface area (Å²) >= 11 is 0. The lowest BCUT2D eigenvalue weighted by atomic mass is 10.2. The average molecular weight is 363 g/mol. The van der Waals surface area contributed by atoms with E-state index in [1.807, 2.05) is 23.1 Å². The third-order valence-corrected chi connectivity index (χ3v) is 4.09. The molecule has 0 spiro atoms. The highest BCUT2D eigenvalue weighted by Gasteiger charge is 2.30. The predicted octanol–water partition coefficient (Wildman–Crippen LogP) is 1.71. The molecule has 0 N–H and O–H groups in total. The van der Waals surface area contributed by atoms with Crippen molar-refractivity contribution in [1.29, 1.82) is 0 Å². The molecule has 1 amide bonds. The number of ether oxygens (including phenoxy) is 3. The fourth-order valence-corrected chi connectivity index (χ4v) is 2.67. The third-order valence-electron chi connectivity index (χ3n) is 4.09. The number of rotatable bonds is 6. The maximum absolute atomic E-state index is 12.2. The van der Waals surface area contributed by atoms with Crippen molar-refractivity contribution in [1.82, 2.24) is 9.80 Å². The summed E-state index contributed by atoms with van der Waals surface area (Å²) < 4.78 is 15.1. The number of benzene rings is 1. The second-order valence-corrected chi connectivity index (χ2v) is 5.67. The Morgan fingerprint density at radius 1 is 1.23 bits per heavy atom. The SMILES string of the molecule is CCOC(=O)N1CCN(C(C=Nc2cccc(OC)c2)C(=O)OC)CC1. The summed E-state index contributed by atoms with van der Waals surface area (Å²) in [5.74, 6) is 0.304. The molecule has 0 bridgehead atoms. The van der Waals surface area contributed by atoms with Crippen molar-refractivity contribution in [2.45, 2.75) is 13.0 Å². The van der Waals surface area contributed by atoms with Crippen LogP contribution in [0.5, 0.6) is 5.75 Å². The smallest absolute Gasteiger partial charge is 0.409 e. The highest BCUT2D eigenvalue weighted by Crippen LogP contribution is 2.19. The summed E-state index contributed by atoms with van der Waals surface area (Å²) in [6.45, 7) is 4.15. The molecule has 1 aliphatic heterocycles. The second-order valence-electron chi connectivity index (χ2n) is 5.67. The van der Waals surface area contributed by atoms with Gasteiger partial charge in [-0.05, 0) is 19.1 Å². The molecular weight excluding hydrogens is 338 g/mol. The molecular formula is C18H25N3O5. The van der Waals surface area contributed by atoms with Crippen LogP contribution in [0, 0.1) is 0 Å². The largest absolute Gasteiger partial charge is 0.497 e. The third kappa shape index (κ3) is 5.19. The van der Waals surface area contributed by atoms with Crippen molar-refractivity contribution < 1.29 is 23.8 Å². The van der Waals surface area contributed by atoms with Gasteiger partial charge in [-0.25, -0.2) is 9.59 Å². The van der Waals surface area contributed by atoms with Crippen LogP contribution in [0.2, 0.25) is 0 Å². The molecule has 2 rings (SSSR count). The van der Waals surface area contributed by atoms with Crippen LogP contribution in [0.25, 0.3) is 0 Å². The topological polar surface area (TPSA) is 80.7 Å². The number of amides is 1. The number of carbonyl (C=O) groups is 2. The molecule has 1 heterocycles. The Hall–Kier alpha value is -2.61. The standard InChI is InChI=1S/C18H25N3O5/c1-4-26-18(23)21-10-8-20(9-11-21)16(17(22)25-3)13-19-14-6-5-7-15(12-14)24-2/h5-7,12-13,16H,4,8-11H2,1-3H3. The maximum atomic E-state index is 12.2. The second kappa shape index (κ2) is 9.76. The minimum atomic E-state index is -0.615. The number of hydrogen-bond donors (Lipinski definition) is 0. The number of piperazine rings is 1. The molecule has 1 unspecified atom stereocenters. The fourth-order valence-electron chi connectivity index (χ4n) is 2.67. The molecule has 1 aliphatic rings. The summed E-state index contributed by atoms with van der Waals surface area (Å²) in [6.07, 6.45) is 1.24. The number of carbonyl (C=O) groups excluding carboxylic acids is 2. The van der Waals surface area contributed by atoms with Crippen LogP contribution >= 0.6 is 0 Å². The molecule has 142 valence electrons. The molecule has 8 nitrogen and oxygen atoms in total. The first-order chi connectivity index (χ1) is 12.6. The molecule has 26 heavy (non-hydrogen) atoms. The van der Waals surface area contributed by atoms with Gasteiger partial charge in [-0.2, -0.15) is 0 Å². The Labute approximate surface area is 153 Å². The number of nitrogens with zero attached hydrogens (tertiary/aromatic N) is 3. The van der Waals surface area contributed by atoms with Crippen molar-refractivity contribution in [3.05, 3.63) is 24.3 Å². The van der Waals surface area contributed by atoms with Crippen LogP contribution in [0.1, 0.15) is 6.92 Å². The van der Waals surface area contributed by atoms with Gasteiger partial charge in [0.05, 0.1) is 26.5 Å². The van der Waals surface area contributed by atoms with Crippen molar-refractivity contribution >= 4 is 24.0 Å². The molecule has 1 aromatic carbocycles. The van der Waals surface area contributed by atoms with Gasteiger partial charge in [0.25, 0.3) is 0 Å². The molecule has 0 radical (unpaired) electrons. The lowest BCUT2D eigenvalue weighted by Crippen LogP contribution is -2.54. The molecule has 1 fully saturated rings. The quantitative estimate of drug-likeness (QED) is 0.565. The summed E-state index contributed by atoms with van der Waals surface area (Å²) in [5, 5.41) is 0. The summed E-state index contributed by atoms with van der Waals surface area (Å²) in [6, 6.07) is 6.65. The number of esters is 1. The van der Waals surface area contributed by atoms with Crippen LogP contribution in [0.4, 0.5) is 10.5 Å². The van der Waals surface area contributed by atoms with Crippen LogP contribution in [0.3, 0.4) is 0 Å². The molecule has 8 heteroatoms. The van der Waals surface area contributed by atoms with Crippen molar-refractivity contribution in [3.63, 3.8) is 0 Å². The zero-order valence-corrected chi connectivity index (χ0v) is 15.4. The Kier molecular flexibility index (Phi) is 7.40. The Morgan fingerprint density at radius 2 is 1.96 bits per heavy atom. The van der Waals surface area contributed by atoms with Crippen molar-refractivity contribution in [2.75, 3.05) is 47.0 Å². The zero-order chi connectivity index (χ0) is 18.9. The minimum Gasteiger partial charge on any atom is -0.497 e. The Bertz CT molecular complexity index is 641. The van der Waals surface area contributed by atoms with E-state index in [-0.39, 0.29) is 12.1 Å². The number of methoxy groups -OCH3 is 2. The van der Waals surface area contributed by atoms with Crippen LogP contribution in [0.15, 0.2) is 29.3 Å². The van der Waals surface area contributed by atoms with Crippen LogP contribution in [-0.4, -0.2) is 81.1 Å². The first kappa shape index (κ1) is 19.7.